The van der Waals surface area contributed by atoms with E-state index in [9.17, 15) is 13.2 Å². The van der Waals surface area contributed by atoms with E-state index in [4.69, 9.17) is 0 Å². The number of aromatic nitrogens is 1. The van der Waals surface area contributed by atoms with Gasteiger partial charge in [-0.25, -0.2) is 13.4 Å². The maximum atomic E-state index is 12.7. The van der Waals surface area contributed by atoms with E-state index in [1.807, 2.05) is 18.2 Å². The van der Waals surface area contributed by atoms with Gasteiger partial charge in [0.05, 0.1) is 15.1 Å². The minimum atomic E-state index is -3.50. The predicted octanol–water partition coefficient (Wildman–Crippen LogP) is 4.49. The van der Waals surface area contributed by atoms with Crippen LogP contribution in [0.4, 0.5) is 5.13 Å². The summed E-state index contributed by atoms with van der Waals surface area (Å²) in [6, 6.07) is 11.8. The molecule has 1 aliphatic heterocycles. The molecular formula is C19H18BrN3O3S2. The molecule has 0 unspecified atom stereocenters. The number of carbonyl (C=O) groups is 1. The van der Waals surface area contributed by atoms with Crippen molar-refractivity contribution in [3.05, 3.63) is 52.5 Å². The molecule has 0 spiro atoms. The van der Waals surface area contributed by atoms with Crippen molar-refractivity contribution in [3.8, 4) is 0 Å². The molecule has 0 radical (unpaired) electrons. The molecule has 1 amide bonds. The Morgan fingerprint density at radius 2 is 1.79 bits per heavy atom. The number of benzene rings is 2. The molecule has 0 atom stereocenters. The average Bonchev–Trinajstić information content (AvgIpc) is 3.10. The molecule has 0 bridgehead atoms. The highest BCUT2D eigenvalue weighted by molar-refractivity contribution is 9.10. The van der Waals surface area contributed by atoms with Gasteiger partial charge in [0, 0.05) is 23.1 Å². The largest absolute Gasteiger partial charge is 0.298 e. The fraction of sp³-hybridized carbons (Fsp3) is 0.263. The summed E-state index contributed by atoms with van der Waals surface area (Å²) in [4.78, 5) is 17.1. The lowest BCUT2D eigenvalue weighted by Crippen LogP contribution is -2.35. The van der Waals surface area contributed by atoms with Gasteiger partial charge in [0.15, 0.2) is 5.13 Å². The van der Waals surface area contributed by atoms with Crippen LogP contribution in [0.3, 0.4) is 0 Å². The number of fused-ring (bicyclic) bond motifs is 1. The summed E-state index contributed by atoms with van der Waals surface area (Å²) in [6.07, 6.45) is 2.84. The Morgan fingerprint density at radius 1 is 1.07 bits per heavy atom. The smallest absolute Gasteiger partial charge is 0.257 e. The molecule has 1 aliphatic rings. The quantitative estimate of drug-likeness (QED) is 0.597. The molecule has 2 heterocycles. The molecule has 4 rings (SSSR count). The maximum Gasteiger partial charge on any atom is 0.257 e. The summed E-state index contributed by atoms with van der Waals surface area (Å²) in [5, 5.41) is 3.28. The molecule has 0 saturated carbocycles. The summed E-state index contributed by atoms with van der Waals surface area (Å²) in [5.41, 5.74) is 1.20. The molecule has 146 valence electrons. The van der Waals surface area contributed by atoms with Crippen LogP contribution in [-0.4, -0.2) is 36.7 Å². The van der Waals surface area contributed by atoms with E-state index in [2.05, 4.69) is 26.2 Å². The highest BCUT2D eigenvalue weighted by atomic mass is 79.9. The number of anilines is 1. The Bertz CT molecular complexity index is 1120. The van der Waals surface area contributed by atoms with Crippen LogP contribution in [0.5, 0.6) is 0 Å². The molecule has 2 aromatic carbocycles. The molecule has 1 aromatic heterocycles. The highest BCUT2D eigenvalue weighted by Gasteiger charge is 2.26. The third-order valence-corrected chi connectivity index (χ3v) is 7.98. The second-order valence-corrected chi connectivity index (χ2v) is 10.5. The first-order valence-corrected chi connectivity index (χ1v) is 12.0. The number of piperidine rings is 1. The monoisotopic (exact) mass is 479 g/mol. The number of sulfonamides is 1. The van der Waals surface area contributed by atoms with Gasteiger partial charge < -0.3 is 0 Å². The van der Waals surface area contributed by atoms with Crippen LogP contribution in [0.2, 0.25) is 0 Å². The van der Waals surface area contributed by atoms with E-state index >= 15 is 0 Å². The summed E-state index contributed by atoms with van der Waals surface area (Å²) in [7, 11) is -3.50. The molecule has 1 N–H and O–H groups in total. The summed E-state index contributed by atoms with van der Waals surface area (Å²) in [6.45, 7) is 1.11. The Labute approximate surface area is 175 Å². The van der Waals surface area contributed by atoms with Crippen LogP contribution in [-0.2, 0) is 10.0 Å². The standard InChI is InChI=1S/C19H18BrN3O3S2/c20-14-6-9-16-17(12-14)27-19(21-16)22-18(24)13-4-7-15(8-5-13)28(25,26)23-10-2-1-3-11-23/h4-9,12H,1-3,10-11H2,(H,21,22,24). The number of hydrogen-bond donors (Lipinski definition) is 1. The first-order valence-electron chi connectivity index (χ1n) is 8.91. The van der Waals surface area contributed by atoms with Crippen LogP contribution < -0.4 is 5.32 Å². The fourth-order valence-corrected chi connectivity index (χ4v) is 6.08. The Morgan fingerprint density at radius 3 is 2.50 bits per heavy atom. The van der Waals surface area contributed by atoms with Crippen molar-refractivity contribution in [2.24, 2.45) is 0 Å². The molecule has 1 saturated heterocycles. The lowest BCUT2D eigenvalue weighted by molar-refractivity contribution is 0.102. The van der Waals surface area contributed by atoms with Gasteiger partial charge in [-0.15, -0.1) is 0 Å². The molecular weight excluding hydrogens is 462 g/mol. The Balaban J connectivity index is 1.50. The van der Waals surface area contributed by atoms with Gasteiger partial charge in [0.2, 0.25) is 10.0 Å². The zero-order valence-corrected chi connectivity index (χ0v) is 18.1. The second-order valence-electron chi connectivity index (χ2n) is 6.57. The van der Waals surface area contributed by atoms with E-state index in [-0.39, 0.29) is 10.8 Å². The first kappa shape index (κ1) is 19.5. The van der Waals surface area contributed by atoms with E-state index in [0.717, 1.165) is 34.0 Å². The van der Waals surface area contributed by atoms with Crippen LogP contribution in [0.1, 0.15) is 29.6 Å². The Kier molecular flexibility index (Phi) is 5.50. The first-order chi connectivity index (χ1) is 13.4. The van der Waals surface area contributed by atoms with Crippen LogP contribution >= 0.6 is 27.3 Å². The number of nitrogens with one attached hydrogen (secondary N) is 1. The molecule has 6 nitrogen and oxygen atoms in total. The summed E-state index contributed by atoms with van der Waals surface area (Å²) < 4.78 is 28.8. The zero-order valence-electron chi connectivity index (χ0n) is 14.9. The lowest BCUT2D eigenvalue weighted by Gasteiger charge is -2.25. The number of carbonyl (C=O) groups excluding carboxylic acids is 1. The van der Waals surface area contributed by atoms with Crippen LogP contribution in [0.15, 0.2) is 51.8 Å². The van der Waals surface area contributed by atoms with E-state index in [1.165, 1.54) is 39.9 Å². The maximum absolute atomic E-state index is 12.7. The van der Waals surface area contributed by atoms with Gasteiger partial charge in [-0.1, -0.05) is 33.7 Å². The number of amides is 1. The van der Waals surface area contributed by atoms with Gasteiger partial charge >= 0.3 is 0 Å². The van der Waals surface area contributed by atoms with E-state index in [0.29, 0.717) is 23.8 Å². The summed E-state index contributed by atoms with van der Waals surface area (Å²) >= 11 is 4.80. The van der Waals surface area contributed by atoms with Crippen molar-refractivity contribution in [1.82, 2.24) is 9.29 Å². The Hall–Kier alpha value is -1.81. The van der Waals surface area contributed by atoms with Crippen LogP contribution in [0.25, 0.3) is 10.2 Å². The van der Waals surface area contributed by atoms with E-state index < -0.39 is 10.0 Å². The molecule has 0 aliphatic carbocycles. The number of thiazole rings is 1. The second kappa shape index (κ2) is 7.90. The van der Waals surface area contributed by atoms with E-state index in [1.54, 1.807) is 0 Å². The summed E-state index contributed by atoms with van der Waals surface area (Å²) in [5.74, 6) is -0.319. The van der Waals surface area contributed by atoms with Gasteiger partial charge in [-0.3, -0.25) is 10.1 Å². The van der Waals surface area contributed by atoms with Crippen molar-refractivity contribution in [2.75, 3.05) is 18.4 Å². The normalized spacial score (nSPS) is 15.6. The van der Waals surface area contributed by atoms with Gasteiger partial charge in [0.25, 0.3) is 5.91 Å². The number of nitrogens with zero attached hydrogens (tertiary/aromatic N) is 2. The fourth-order valence-electron chi connectivity index (χ4n) is 3.15. The number of halogens is 1. The predicted molar refractivity (Wildman–Crippen MR) is 114 cm³/mol. The van der Waals surface area contributed by atoms with Gasteiger partial charge in [-0.2, -0.15) is 4.31 Å². The highest BCUT2D eigenvalue weighted by Crippen LogP contribution is 2.29. The minimum absolute atomic E-state index is 0.218. The molecule has 28 heavy (non-hydrogen) atoms. The van der Waals surface area contributed by atoms with Crippen molar-refractivity contribution >= 4 is 58.5 Å². The van der Waals surface area contributed by atoms with Crippen LogP contribution in [0, 0.1) is 0 Å². The third kappa shape index (κ3) is 3.98. The van der Waals surface area contributed by atoms with Crippen molar-refractivity contribution in [3.63, 3.8) is 0 Å². The molecule has 3 aromatic rings. The SMILES string of the molecule is O=C(Nc1nc2ccc(Br)cc2s1)c1ccc(S(=O)(=O)N2CCCCC2)cc1. The molecule has 1 fully saturated rings. The number of hydrogen-bond acceptors (Lipinski definition) is 5. The van der Waals surface area contributed by atoms with Crippen molar-refractivity contribution in [2.45, 2.75) is 24.2 Å². The van der Waals surface area contributed by atoms with Gasteiger partial charge in [0.1, 0.15) is 0 Å². The molecule has 9 heteroatoms. The minimum Gasteiger partial charge on any atom is -0.298 e. The van der Waals surface area contributed by atoms with Crippen molar-refractivity contribution < 1.29 is 13.2 Å². The topological polar surface area (TPSA) is 79.4 Å². The lowest BCUT2D eigenvalue weighted by atomic mass is 10.2. The third-order valence-electron chi connectivity index (χ3n) is 4.64. The van der Waals surface area contributed by atoms with Gasteiger partial charge in [-0.05, 0) is 55.3 Å². The number of rotatable bonds is 4. The zero-order chi connectivity index (χ0) is 19.7. The van der Waals surface area contributed by atoms with Crippen molar-refractivity contribution in [1.29, 1.82) is 0 Å². The average molecular weight is 480 g/mol.